The quantitative estimate of drug-likeness (QED) is 0.451. The van der Waals surface area contributed by atoms with Crippen LogP contribution in [0, 0.1) is 0 Å². The van der Waals surface area contributed by atoms with E-state index in [0.717, 1.165) is 28.5 Å². The van der Waals surface area contributed by atoms with Gasteiger partial charge in [-0.3, -0.25) is 14.9 Å². The summed E-state index contributed by atoms with van der Waals surface area (Å²) in [5.74, 6) is 0.979. The minimum atomic E-state index is -0.380. The average Bonchev–Trinajstić information content (AvgIpc) is 3.15. The topological polar surface area (TPSA) is 64.6 Å². The molecule has 0 unspecified atom stereocenters. The Labute approximate surface area is 190 Å². The van der Waals surface area contributed by atoms with E-state index in [-0.39, 0.29) is 11.1 Å². The molecule has 160 valence electrons. The van der Waals surface area contributed by atoms with E-state index >= 15 is 0 Å². The van der Waals surface area contributed by atoms with Crippen molar-refractivity contribution in [1.82, 2.24) is 5.32 Å². The Hall–Kier alpha value is -3.77. The molecule has 32 heavy (non-hydrogen) atoms. The molecule has 6 heteroatoms. The third-order valence-corrected chi connectivity index (χ3v) is 5.46. The SMILES string of the molecule is O=C1NC(=O)C(=CC=Cc2ccc(OCc3ccccc3)cc2OCc2ccccc2)S1. The number of thioether (sulfide) groups is 1. The predicted octanol–water partition coefficient (Wildman–Crippen LogP) is 5.72. The third kappa shape index (κ3) is 5.89. The van der Waals surface area contributed by atoms with Gasteiger partial charge in [0.2, 0.25) is 0 Å². The molecule has 0 radical (unpaired) electrons. The second kappa shape index (κ2) is 10.5. The maximum atomic E-state index is 11.7. The fourth-order valence-corrected chi connectivity index (χ4v) is 3.65. The van der Waals surface area contributed by atoms with Gasteiger partial charge in [-0.15, -0.1) is 0 Å². The number of carbonyl (C=O) groups excluding carboxylic acids is 2. The van der Waals surface area contributed by atoms with Crippen LogP contribution < -0.4 is 14.8 Å². The summed E-state index contributed by atoms with van der Waals surface area (Å²) in [6.07, 6.45) is 5.19. The number of carbonyl (C=O) groups is 2. The van der Waals surface area contributed by atoms with E-state index in [1.54, 1.807) is 12.2 Å². The lowest BCUT2D eigenvalue weighted by molar-refractivity contribution is -0.115. The normalized spacial score (nSPS) is 14.7. The first kappa shape index (κ1) is 21.5. The lowest BCUT2D eigenvalue weighted by Crippen LogP contribution is -2.17. The highest BCUT2D eigenvalue weighted by molar-refractivity contribution is 8.18. The Morgan fingerprint density at radius 2 is 1.47 bits per heavy atom. The molecule has 3 aromatic carbocycles. The lowest BCUT2D eigenvalue weighted by atomic mass is 10.1. The first-order chi connectivity index (χ1) is 15.7. The van der Waals surface area contributed by atoms with Crippen molar-refractivity contribution in [2.75, 3.05) is 0 Å². The van der Waals surface area contributed by atoms with Crippen LogP contribution in [0.4, 0.5) is 4.79 Å². The van der Waals surface area contributed by atoms with E-state index < -0.39 is 0 Å². The number of nitrogens with one attached hydrogen (secondary N) is 1. The van der Waals surface area contributed by atoms with Gasteiger partial charge in [0.05, 0.1) is 4.91 Å². The highest BCUT2D eigenvalue weighted by atomic mass is 32.2. The van der Waals surface area contributed by atoms with Crippen LogP contribution in [0.25, 0.3) is 6.08 Å². The average molecular weight is 444 g/mol. The van der Waals surface area contributed by atoms with Crippen LogP contribution in [0.1, 0.15) is 16.7 Å². The molecule has 0 aliphatic carbocycles. The summed E-state index contributed by atoms with van der Waals surface area (Å²) in [6, 6.07) is 25.5. The summed E-state index contributed by atoms with van der Waals surface area (Å²) in [4.78, 5) is 23.4. The Morgan fingerprint density at radius 1 is 0.812 bits per heavy atom. The zero-order valence-electron chi connectivity index (χ0n) is 17.2. The van der Waals surface area contributed by atoms with Crippen molar-refractivity contribution in [3.63, 3.8) is 0 Å². The van der Waals surface area contributed by atoms with Crippen molar-refractivity contribution < 1.29 is 19.1 Å². The standard InChI is InChI=1S/C26H21NO4S/c28-25-24(32-26(29)27-25)13-7-12-21-14-15-22(30-17-19-8-3-1-4-9-19)16-23(21)31-18-20-10-5-2-6-11-20/h1-16H,17-18H2,(H,27,28,29). The van der Waals surface area contributed by atoms with Crippen LogP contribution in [-0.4, -0.2) is 11.1 Å². The van der Waals surface area contributed by atoms with E-state index in [2.05, 4.69) is 5.32 Å². The number of benzene rings is 3. The van der Waals surface area contributed by atoms with Crippen molar-refractivity contribution in [2.24, 2.45) is 0 Å². The smallest absolute Gasteiger partial charge is 0.290 e. The molecule has 0 spiro atoms. The minimum Gasteiger partial charge on any atom is -0.489 e. The van der Waals surface area contributed by atoms with Gasteiger partial charge in [0, 0.05) is 11.6 Å². The van der Waals surface area contributed by atoms with Crippen LogP contribution in [0.5, 0.6) is 11.5 Å². The molecule has 1 saturated heterocycles. The number of ether oxygens (including phenoxy) is 2. The maximum Gasteiger partial charge on any atom is 0.290 e. The summed E-state index contributed by atoms with van der Waals surface area (Å²) in [5.41, 5.74) is 2.97. The summed E-state index contributed by atoms with van der Waals surface area (Å²) < 4.78 is 12.0. The fraction of sp³-hybridized carbons (Fsp3) is 0.0769. The summed E-state index contributed by atoms with van der Waals surface area (Å²) in [5, 5.41) is 1.88. The molecule has 1 heterocycles. The molecule has 0 bridgehead atoms. The lowest BCUT2D eigenvalue weighted by Gasteiger charge is -2.13. The van der Waals surface area contributed by atoms with Crippen LogP contribution >= 0.6 is 11.8 Å². The largest absolute Gasteiger partial charge is 0.489 e. The summed E-state index contributed by atoms with van der Waals surface area (Å²) in [6.45, 7) is 0.873. The molecule has 0 atom stereocenters. The molecule has 3 aromatic rings. The zero-order chi connectivity index (χ0) is 22.2. The molecule has 0 aromatic heterocycles. The summed E-state index contributed by atoms with van der Waals surface area (Å²) >= 11 is 0.887. The van der Waals surface area contributed by atoms with E-state index in [4.69, 9.17) is 9.47 Å². The van der Waals surface area contributed by atoms with E-state index in [1.165, 1.54) is 0 Å². The van der Waals surface area contributed by atoms with Gasteiger partial charge in [0.1, 0.15) is 24.7 Å². The van der Waals surface area contributed by atoms with Crippen LogP contribution in [0.2, 0.25) is 0 Å². The van der Waals surface area contributed by atoms with Crippen LogP contribution in [0.15, 0.2) is 95.9 Å². The molecule has 1 aliphatic rings. The molecular weight excluding hydrogens is 422 g/mol. The van der Waals surface area contributed by atoms with Gasteiger partial charge in [-0.2, -0.15) is 0 Å². The van der Waals surface area contributed by atoms with E-state index in [1.807, 2.05) is 84.9 Å². The number of amides is 2. The van der Waals surface area contributed by atoms with Crippen molar-refractivity contribution in [3.8, 4) is 11.5 Å². The van der Waals surface area contributed by atoms with E-state index in [9.17, 15) is 9.59 Å². The first-order valence-electron chi connectivity index (χ1n) is 10.1. The Kier molecular flexibility index (Phi) is 7.05. The monoisotopic (exact) mass is 443 g/mol. The fourth-order valence-electron chi connectivity index (χ4n) is 3.02. The van der Waals surface area contributed by atoms with Gasteiger partial charge in [-0.05, 0) is 41.1 Å². The number of hydrogen-bond donors (Lipinski definition) is 1. The number of rotatable bonds is 8. The van der Waals surface area contributed by atoms with Gasteiger partial charge in [-0.25, -0.2) is 0 Å². The predicted molar refractivity (Wildman–Crippen MR) is 126 cm³/mol. The minimum absolute atomic E-state index is 0.360. The molecular formula is C26H21NO4S. The number of hydrogen-bond acceptors (Lipinski definition) is 5. The first-order valence-corrected chi connectivity index (χ1v) is 10.9. The Bertz CT molecular complexity index is 1160. The molecule has 2 amide bonds. The second-order valence-electron chi connectivity index (χ2n) is 6.98. The van der Waals surface area contributed by atoms with Gasteiger partial charge >= 0.3 is 0 Å². The molecule has 4 rings (SSSR count). The van der Waals surface area contributed by atoms with Gasteiger partial charge < -0.3 is 9.47 Å². The van der Waals surface area contributed by atoms with Gasteiger partial charge in [0.15, 0.2) is 0 Å². The Morgan fingerprint density at radius 3 is 2.09 bits per heavy atom. The molecule has 1 aliphatic heterocycles. The van der Waals surface area contributed by atoms with Crippen molar-refractivity contribution in [3.05, 3.63) is 113 Å². The molecule has 5 nitrogen and oxygen atoms in total. The highest BCUT2D eigenvalue weighted by Crippen LogP contribution is 2.28. The van der Waals surface area contributed by atoms with Crippen molar-refractivity contribution in [1.29, 1.82) is 0 Å². The Balaban J connectivity index is 1.52. The van der Waals surface area contributed by atoms with Gasteiger partial charge in [0.25, 0.3) is 11.1 Å². The van der Waals surface area contributed by atoms with Crippen molar-refractivity contribution in [2.45, 2.75) is 13.2 Å². The number of imide groups is 1. The van der Waals surface area contributed by atoms with Gasteiger partial charge in [-0.1, -0.05) is 72.8 Å². The second-order valence-corrected chi connectivity index (χ2v) is 8.00. The van der Waals surface area contributed by atoms with Crippen molar-refractivity contribution >= 4 is 29.0 Å². The maximum absolute atomic E-state index is 11.7. The zero-order valence-corrected chi connectivity index (χ0v) is 18.0. The molecule has 1 fully saturated rings. The molecule has 1 N–H and O–H groups in total. The highest BCUT2D eigenvalue weighted by Gasteiger charge is 2.24. The number of allylic oxidation sites excluding steroid dienone is 2. The third-order valence-electron chi connectivity index (χ3n) is 4.64. The summed E-state index contributed by atoms with van der Waals surface area (Å²) in [7, 11) is 0. The van der Waals surface area contributed by atoms with Crippen LogP contribution in [0.3, 0.4) is 0 Å². The van der Waals surface area contributed by atoms with Crippen LogP contribution in [-0.2, 0) is 18.0 Å². The molecule has 0 saturated carbocycles. The van der Waals surface area contributed by atoms with E-state index in [0.29, 0.717) is 29.6 Å².